The lowest BCUT2D eigenvalue weighted by Crippen LogP contribution is -2.55. The largest absolute Gasteiger partial charge is 0.438 e. The standard InChI is InChI=1S/C19H18ClF3N6O3S/c1-12-8-15(24-10-14(12)20)27-16-9-17(26-11-25-16)28-18(2,19(21,22)23)32-29-33(30,31)13-6-4-3-5-7-13/h3-11,29H,1-2H3,(H2,24,25,26,27,28). The molecule has 1 atom stereocenters. The molecule has 0 aliphatic carbocycles. The van der Waals surface area contributed by atoms with Crippen molar-refractivity contribution in [2.75, 3.05) is 10.6 Å². The average Bonchev–Trinajstić information content (AvgIpc) is 2.75. The van der Waals surface area contributed by atoms with E-state index in [1.54, 1.807) is 19.1 Å². The normalized spacial score (nSPS) is 13.9. The first-order valence-electron chi connectivity index (χ1n) is 9.21. The molecular weight excluding hydrogens is 485 g/mol. The summed E-state index contributed by atoms with van der Waals surface area (Å²) in [5.74, 6) is 0.181. The number of hydrogen-bond donors (Lipinski definition) is 3. The number of pyridine rings is 1. The highest BCUT2D eigenvalue weighted by atomic mass is 35.5. The second-order valence-corrected chi connectivity index (χ2v) is 8.94. The van der Waals surface area contributed by atoms with Crippen molar-refractivity contribution in [2.45, 2.75) is 30.6 Å². The summed E-state index contributed by atoms with van der Waals surface area (Å²) < 4.78 is 65.9. The van der Waals surface area contributed by atoms with Gasteiger partial charge in [-0.05, 0) is 37.6 Å². The van der Waals surface area contributed by atoms with Gasteiger partial charge in [0.05, 0.1) is 9.92 Å². The molecule has 176 valence electrons. The highest BCUT2D eigenvalue weighted by Gasteiger charge is 2.54. The fourth-order valence-electron chi connectivity index (χ4n) is 2.42. The van der Waals surface area contributed by atoms with Crippen LogP contribution in [0, 0.1) is 6.92 Å². The maximum Gasteiger partial charge on any atom is 0.438 e. The number of nitrogens with one attached hydrogen (secondary N) is 3. The molecule has 14 heteroatoms. The average molecular weight is 503 g/mol. The molecule has 0 saturated heterocycles. The van der Waals surface area contributed by atoms with E-state index in [0.29, 0.717) is 17.8 Å². The van der Waals surface area contributed by atoms with Crippen LogP contribution in [0.3, 0.4) is 0 Å². The summed E-state index contributed by atoms with van der Waals surface area (Å²) in [6, 6.07) is 9.61. The maximum atomic E-state index is 13.8. The summed E-state index contributed by atoms with van der Waals surface area (Å²) in [6.45, 7) is 2.37. The van der Waals surface area contributed by atoms with E-state index in [2.05, 4.69) is 30.4 Å². The van der Waals surface area contributed by atoms with Crippen molar-refractivity contribution in [1.82, 2.24) is 19.8 Å². The summed E-state index contributed by atoms with van der Waals surface area (Å²) in [4.78, 5) is 17.6. The maximum absolute atomic E-state index is 13.8. The van der Waals surface area contributed by atoms with E-state index in [1.807, 2.05) is 0 Å². The molecule has 0 amide bonds. The Bertz CT molecular complexity index is 1230. The van der Waals surface area contributed by atoms with E-state index >= 15 is 0 Å². The Balaban J connectivity index is 1.80. The molecule has 0 spiro atoms. The van der Waals surface area contributed by atoms with Gasteiger partial charge in [0, 0.05) is 12.3 Å². The molecule has 9 nitrogen and oxygen atoms in total. The number of aromatic nitrogens is 3. The minimum atomic E-state index is -5.04. The van der Waals surface area contributed by atoms with E-state index in [9.17, 15) is 21.6 Å². The van der Waals surface area contributed by atoms with E-state index < -0.39 is 21.9 Å². The smallest absolute Gasteiger partial charge is 0.333 e. The Morgan fingerprint density at radius 2 is 1.64 bits per heavy atom. The topological polar surface area (TPSA) is 118 Å². The molecule has 0 radical (unpaired) electrons. The van der Waals surface area contributed by atoms with Gasteiger partial charge in [0.15, 0.2) is 0 Å². The van der Waals surface area contributed by atoms with Crippen molar-refractivity contribution < 1.29 is 26.4 Å². The highest BCUT2D eigenvalue weighted by Crippen LogP contribution is 2.34. The van der Waals surface area contributed by atoms with Crippen LogP contribution in [0.4, 0.5) is 30.6 Å². The third-order valence-electron chi connectivity index (χ3n) is 4.29. The molecular formula is C19H18ClF3N6O3S. The molecule has 2 heterocycles. The number of nitrogens with zero attached hydrogens (tertiary/aromatic N) is 3. The lowest BCUT2D eigenvalue weighted by Gasteiger charge is -2.32. The zero-order chi connectivity index (χ0) is 24.3. The van der Waals surface area contributed by atoms with E-state index in [0.717, 1.165) is 11.9 Å². The molecule has 33 heavy (non-hydrogen) atoms. The molecule has 3 N–H and O–H groups in total. The summed E-state index contributed by atoms with van der Waals surface area (Å²) in [7, 11) is -4.38. The Hall–Kier alpha value is -3.00. The van der Waals surface area contributed by atoms with Crippen LogP contribution in [0.2, 0.25) is 5.02 Å². The van der Waals surface area contributed by atoms with Crippen LogP contribution >= 0.6 is 11.6 Å². The Morgan fingerprint density at radius 3 is 2.27 bits per heavy atom. The predicted octanol–water partition coefficient (Wildman–Crippen LogP) is 4.18. The molecule has 0 aliphatic heterocycles. The van der Waals surface area contributed by atoms with Crippen molar-refractivity contribution in [1.29, 1.82) is 0 Å². The molecule has 1 aromatic carbocycles. The first-order chi connectivity index (χ1) is 15.4. The van der Waals surface area contributed by atoms with Crippen LogP contribution < -0.4 is 15.5 Å². The first kappa shape index (κ1) is 24.6. The highest BCUT2D eigenvalue weighted by molar-refractivity contribution is 7.89. The predicted molar refractivity (Wildman–Crippen MR) is 115 cm³/mol. The Morgan fingerprint density at radius 1 is 1.00 bits per heavy atom. The van der Waals surface area contributed by atoms with Gasteiger partial charge >= 0.3 is 6.18 Å². The number of anilines is 3. The van der Waals surface area contributed by atoms with Crippen molar-refractivity contribution in [3.05, 3.63) is 65.6 Å². The summed E-state index contributed by atoms with van der Waals surface area (Å²) >= 11 is 5.93. The zero-order valence-electron chi connectivity index (χ0n) is 17.2. The lowest BCUT2D eigenvalue weighted by molar-refractivity contribution is -0.268. The van der Waals surface area contributed by atoms with Crippen LogP contribution in [0.1, 0.15) is 12.5 Å². The second-order valence-electron chi connectivity index (χ2n) is 6.89. The second kappa shape index (κ2) is 9.47. The van der Waals surface area contributed by atoms with Gasteiger partial charge in [-0.25, -0.2) is 28.2 Å². The molecule has 0 saturated carbocycles. The molecule has 3 aromatic rings. The van der Waals surface area contributed by atoms with E-state index in [4.69, 9.17) is 11.6 Å². The van der Waals surface area contributed by atoms with E-state index in [-0.39, 0.29) is 16.5 Å². The number of hydrogen-bond acceptors (Lipinski definition) is 8. The number of aryl methyl sites for hydroxylation is 1. The minimum Gasteiger partial charge on any atom is -0.333 e. The Kier molecular flexibility index (Phi) is 7.07. The summed E-state index contributed by atoms with van der Waals surface area (Å²) in [6.07, 6.45) is -2.62. The van der Waals surface area contributed by atoms with Crippen molar-refractivity contribution in [3.8, 4) is 0 Å². The third kappa shape index (κ3) is 6.07. The van der Waals surface area contributed by atoms with Gasteiger partial charge in [-0.1, -0.05) is 34.7 Å². The molecule has 0 fully saturated rings. The van der Waals surface area contributed by atoms with Crippen LogP contribution in [0.5, 0.6) is 0 Å². The van der Waals surface area contributed by atoms with Gasteiger partial charge in [-0.3, -0.25) is 0 Å². The molecule has 2 aromatic heterocycles. The van der Waals surface area contributed by atoms with Crippen LogP contribution in [0.25, 0.3) is 0 Å². The van der Waals surface area contributed by atoms with Crippen molar-refractivity contribution in [2.24, 2.45) is 0 Å². The minimum absolute atomic E-state index is 0.121. The van der Waals surface area contributed by atoms with Crippen LogP contribution in [-0.2, 0) is 14.9 Å². The molecule has 1 unspecified atom stereocenters. The quantitative estimate of drug-likeness (QED) is 0.310. The molecule has 0 bridgehead atoms. The number of halogens is 4. The number of benzene rings is 1. The number of sulfonamides is 1. The van der Waals surface area contributed by atoms with Crippen molar-refractivity contribution in [3.63, 3.8) is 0 Å². The van der Waals surface area contributed by atoms with Crippen molar-refractivity contribution >= 4 is 39.1 Å². The Labute approximate surface area is 192 Å². The van der Waals surface area contributed by atoms with Gasteiger partial charge in [0.25, 0.3) is 15.7 Å². The lowest BCUT2D eigenvalue weighted by atomic mass is 10.2. The van der Waals surface area contributed by atoms with Gasteiger partial charge in [-0.15, -0.1) is 0 Å². The molecule has 0 aliphatic rings. The SMILES string of the molecule is Cc1cc(Nc2cc(NC(C)(ONS(=O)(=O)c3ccccc3)C(F)(F)F)ncn2)ncc1Cl. The van der Waals surface area contributed by atoms with Gasteiger partial charge in [0.1, 0.15) is 23.8 Å². The summed E-state index contributed by atoms with van der Waals surface area (Å²) in [5, 5.41) is 5.33. The fraction of sp³-hybridized carbons (Fsp3) is 0.211. The van der Waals surface area contributed by atoms with Gasteiger partial charge in [0.2, 0.25) is 0 Å². The van der Waals surface area contributed by atoms with Gasteiger partial charge in [-0.2, -0.15) is 13.2 Å². The van der Waals surface area contributed by atoms with Crippen LogP contribution in [0.15, 0.2) is 59.9 Å². The third-order valence-corrected chi connectivity index (χ3v) is 5.88. The first-order valence-corrected chi connectivity index (χ1v) is 11.1. The van der Waals surface area contributed by atoms with E-state index in [1.165, 1.54) is 41.4 Å². The number of rotatable bonds is 8. The van der Waals surface area contributed by atoms with Crippen LogP contribution in [-0.4, -0.2) is 35.3 Å². The number of alkyl halides is 3. The fourth-order valence-corrected chi connectivity index (χ4v) is 3.41. The monoisotopic (exact) mass is 502 g/mol. The summed E-state index contributed by atoms with van der Waals surface area (Å²) in [5.41, 5.74) is -2.44. The zero-order valence-corrected chi connectivity index (χ0v) is 18.8. The molecule has 3 rings (SSSR count). The van der Waals surface area contributed by atoms with Gasteiger partial charge < -0.3 is 10.6 Å².